The number of ether oxygens (including phenoxy) is 2. The molecule has 1 N–H and O–H groups in total. The number of halogens is 1. The lowest BCUT2D eigenvalue weighted by atomic mass is 10.0. The molecule has 2 unspecified atom stereocenters. The first-order chi connectivity index (χ1) is 9.92. The van der Waals surface area contributed by atoms with Crippen molar-refractivity contribution in [2.24, 2.45) is 5.92 Å². The molecule has 0 bridgehead atoms. The molecule has 0 radical (unpaired) electrons. The highest BCUT2D eigenvalue weighted by Crippen LogP contribution is 2.31. The van der Waals surface area contributed by atoms with Gasteiger partial charge in [-0.25, -0.2) is 4.79 Å². The van der Waals surface area contributed by atoms with Crippen LogP contribution in [0.1, 0.15) is 19.4 Å². The largest absolute Gasteiger partial charge is 0.480 e. The van der Waals surface area contributed by atoms with Crippen molar-refractivity contribution < 1.29 is 19.1 Å². The summed E-state index contributed by atoms with van der Waals surface area (Å²) in [5, 5.41) is 3.29. The van der Waals surface area contributed by atoms with Gasteiger partial charge in [-0.05, 0) is 29.7 Å². The van der Waals surface area contributed by atoms with E-state index in [9.17, 15) is 9.59 Å². The number of carbonyl (C=O) groups is 2. The fourth-order valence-corrected chi connectivity index (χ4v) is 2.43. The molecule has 0 spiro atoms. The summed E-state index contributed by atoms with van der Waals surface area (Å²) >= 11 is 5.92. The minimum absolute atomic E-state index is 0.0698. The van der Waals surface area contributed by atoms with Crippen LogP contribution in [0.25, 0.3) is 0 Å². The fourth-order valence-electron chi connectivity index (χ4n) is 2.23. The maximum atomic E-state index is 12.3. The first kappa shape index (κ1) is 15.6. The summed E-state index contributed by atoms with van der Waals surface area (Å²) in [6.45, 7) is 3.68. The van der Waals surface area contributed by atoms with Gasteiger partial charge in [0.1, 0.15) is 11.8 Å². The molecular formula is C15H18ClNO4. The Hall–Kier alpha value is -1.75. The molecule has 0 saturated heterocycles. The van der Waals surface area contributed by atoms with Gasteiger partial charge in [0.15, 0.2) is 6.10 Å². The molecule has 0 aliphatic carbocycles. The van der Waals surface area contributed by atoms with Crippen molar-refractivity contribution in [3.8, 4) is 5.75 Å². The van der Waals surface area contributed by atoms with Crippen LogP contribution in [-0.4, -0.2) is 31.1 Å². The molecule has 0 aromatic heterocycles. The Balaban J connectivity index is 2.04. The van der Waals surface area contributed by atoms with E-state index in [1.165, 1.54) is 7.11 Å². The Bertz CT molecular complexity index is 559. The van der Waals surface area contributed by atoms with Crippen molar-refractivity contribution in [1.82, 2.24) is 5.32 Å². The summed E-state index contributed by atoms with van der Waals surface area (Å²) < 4.78 is 10.3. The van der Waals surface area contributed by atoms with Crippen LogP contribution in [0.2, 0.25) is 5.02 Å². The predicted octanol–water partition coefficient (Wildman–Crippen LogP) is 1.96. The average Bonchev–Trinajstić information content (AvgIpc) is 2.86. The Labute approximate surface area is 128 Å². The van der Waals surface area contributed by atoms with E-state index in [1.807, 2.05) is 13.8 Å². The normalized spacial score (nSPS) is 17.9. The van der Waals surface area contributed by atoms with Gasteiger partial charge in [0.2, 0.25) is 0 Å². The molecule has 0 saturated carbocycles. The smallest absolute Gasteiger partial charge is 0.328 e. The molecule has 6 heteroatoms. The highest BCUT2D eigenvalue weighted by molar-refractivity contribution is 6.30. The summed E-state index contributed by atoms with van der Waals surface area (Å²) in [4.78, 5) is 23.9. The maximum absolute atomic E-state index is 12.3. The molecule has 1 aliphatic rings. The third-order valence-electron chi connectivity index (χ3n) is 3.41. The highest BCUT2D eigenvalue weighted by atomic mass is 35.5. The summed E-state index contributed by atoms with van der Waals surface area (Å²) in [5.74, 6) is -0.207. The number of methoxy groups -OCH3 is 1. The van der Waals surface area contributed by atoms with E-state index in [-0.39, 0.29) is 11.8 Å². The number of carbonyl (C=O) groups excluding carboxylic acids is 2. The van der Waals surface area contributed by atoms with Crippen LogP contribution >= 0.6 is 11.6 Å². The average molecular weight is 312 g/mol. The first-order valence-electron chi connectivity index (χ1n) is 6.75. The van der Waals surface area contributed by atoms with Crippen LogP contribution in [0.4, 0.5) is 0 Å². The van der Waals surface area contributed by atoms with E-state index in [0.29, 0.717) is 17.2 Å². The molecule has 1 amide bonds. The van der Waals surface area contributed by atoms with Crippen molar-refractivity contribution in [3.63, 3.8) is 0 Å². The third-order valence-corrected chi connectivity index (χ3v) is 3.64. The lowest BCUT2D eigenvalue weighted by Crippen LogP contribution is -2.49. The quantitative estimate of drug-likeness (QED) is 0.863. The second-order valence-electron chi connectivity index (χ2n) is 5.32. The van der Waals surface area contributed by atoms with Gasteiger partial charge in [-0.1, -0.05) is 25.4 Å². The van der Waals surface area contributed by atoms with Crippen LogP contribution in [0.5, 0.6) is 5.75 Å². The predicted molar refractivity (Wildman–Crippen MR) is 78.4 cm³/mol. The number of hydrogen-bond acceptors (Lipinski definition) is 4. The zero-order valence-corrected chi connectivity index (χ0v) is 12.9. The zero-order chi connectivity index (χ0) is 15.6. The van der Waals surface area contributed by atoms with Crippen molar-refractivity contribution in [2.75, 3.05) is 7.11 Å². The van der Waals surface area contributed by atoms with Gasteiger partial charge in [0, 0.05) is 11.4 Å². The summed E-state index contributed by atoms with van der Waals surface area (Å²) in [7, 11) is 1.30. The minimum atomic E-state index is -0.682. The summed E-state index contributed by atoms with van der Waals surface area (Å²) in [6, 6.07) is 4.56. The fraction of sp³-hybridized carbons (Fsp3) is 0.467. The molecule has 2 rings (SSSR count). The molecular weight excluding hydrogens is 294 g/mol. The van der Waals surface area contributed by atoms with Crippen LogP contribution < -0.4 is 10.1 Å². The van der Waals surface area contributed by atoms with E-state index in [0.717, 1.165) is 5.56 Å². The molecule has 1 aromatic rings. The number of nitrogens with one attached hydrogen (secondary N) is 1. The van der Waals surface area contributed by atoms with Crippen LogP contribution in [0, 0.1) is 5.92 Å². The molecule has 21 heavy (non-hydrogen) atoms. The minimum Gasteiger partial charge on any atom is -0.480 e. The van der Waals surface area contributed by atoms with Gasteiger partial charge in [0.25, 0.3) is 5.91 Å². The second kappa shape index (κ2) is 6.35. The molecule has 1 heterocycles. The Morgan fingerprint density at radius 1 is 1.43 bits per heavy atom. The number of benzene rings is 1. The van der Waals surface area contributed by atoms with E-state index in [1.54, 1.807) is 18.2 Å². The molecule has 1 aromatic carbocycles. The number of amides is 1. The Morgan fingerprint density at radius 2 is 2.14 bits per heavy atom. The molecule has 0 fully saturated rings. The van der Waals surface area contributed by atoms with Gasteiger partial charge < -0.3 is 14.8 Å². The van der Waals surface area contributed by atoms with Crippen molar-refractivity contribution in [2.45, 2.75) is 32.4 Å². The number of fused-ring (bicyclic) bond motifs is 1. The van der Waals surface area contributed by atoms with Crippen molar-refractivity contribution in [1.29, 1.82) is 0 Å². The SMILES string of the molecule is COC(=O)C(NC(=O)C1Cc2cc(Cl)ccc2O1)C(C)C. The Morgan fingerprint density at radius 3 is 2.76 bits per heavy atom. The first-order valence-corrected chi connectivity index (χ1v) is 7.13. The van der Waals surface area contributed by atoms with Crippen molar-refractivity contribution in [3.05, 3.63) is 28.8 Å². The van der Waals surface area contributed by atoms with Crippen LogP contribution in [0.3, 0.4) is 0 Å². The molecule has 2 atom stereocenters. The lowest BCUT2D eigenvalue weighted by Gasteiger charge is -2.21. The number of esters is 1. The van der Waals surface area contributed by atoms with E-state index in [2.05, 4.69) is 5.32 Å². The summed E-state index contributed by atoms with van der Waals surface area (Å²) in [6.07, 6.45) is -0.211. The van der Waals surface area contributed by atoms with Crippen LogP contribution in [-0.2, 0) is 20.7 Å². The third kappa shape index (κ3) is 3.47. The zero-order valence-electron chi connectivity index (χ0n) is 12.2. The van der Waals surface area contributed by atoms with Gasteiger partial charge >= 0.3 is 5.97 Å². The number of hydrogen-bond donors (Lipinski definition) is 1. The highest BCUT2D eigenvalue weighted by Gasteiger charge is 2.33. The van der Waals surface area contributed by atoms with Gasteiger partial charge in [-0.2, -0.15) is 0 Å². The van der Waals surface area contributed by atoms with E-state index < -0.39 is 18.1 Å². The van der Waals surface area contributed by atoms with Gasteiger partial charge in [0.05, 0.1) is 7.11 Å². The molecule has 114 valence electrons. The van der Waals surface area contributed by atoms with E-state index in [4.69, 9.17) is 21.1 Å². The lowest BCUT2D eigenvalue weighted by molar-refractivity contribution is -0.147. The standard InChI is InChI=1S/C15H18ClNO4/c1-8(2)13(15(19)20-3)17-14(18)12-7-9-6-10(16)4-5-11(9)21-12/h4-6,8,12-13H,7H2,1-3H3,(H,17,18). The van der Waals surface area contributed by atoms with Crippen LogP contribution in [0.15, 0.2) is 18.2 Å². The number of rotatable bonds is 4. The molecule has 1 aliphatic heterocycles. The Kier molecular flexibility index (Phi) is 4.73. The topological polar surface area (TPSA) is 64.6 Å². The van der Waals surface area contributed by atoms with Gasteiger partial charge in [-0.3, -0.25) is 4.79 Å². The second-order valence-corrected chi connectivity index (χ2v) is 5.75. The van der Waals surface area contributed by atoms with Crippen molar-refractivity contribution >= 4 is 23.5 Å². The summed E-state index contributed by atoms with van der Waals surface area (Å²) in [5.41, 5.74) is 0.891. The maximum Gasteiger partial charge on any atom is 0.328 e. The monoisotopic (exact) mass is 311 g/mol. The van der Waals surface area contributed by atoms with E-state index >= 15 is 0 Å². The van der Waals surface area contributed by atoms with Gasteiger partial charge in [-0.15, -0.1) is 0 Å². The molecule has 5 nitrogen and oxygen atoms in total.